The third kappa shape index (κ3) is 3.13. The summed E-state index contributed by atoms with van der Waals surface area (Å²) in [5.74, 6) is 0.442. The van der Waals surface area contributed by atoms with Crippen molar-refractivity contribution in [2.45, 2.75) is 32.6 Å². The van der Waals surface area contributed by atoms with Gasteiger partial charge in [0.15, 0.2) is 0 Å². The van der Waals surface area contributed by atoms with Crippen LogP contribution in [-0.2, 0) is 12.8 Å². The van der Waals surface area contributed by atoms with Gasteiger partial charge in [0, 0.05) is 0 Å². The van der Waals surface area contributed by atoms with Gasteiger partial charge in [-0.15, -0.1) is 0 Å². The van der Waals surface area contributed by atoms with Crippen LogP contribution in [0.15, 0.2) is 48.5 Å². The molecule has 0 spiro atoms. The first-order valence-electron chi connectivity index (χ1n) is 6.65. The predicted octanol–water partition coefficient (Wildman–Crippen LogP) is 4.33. The minimum atomic E-state index is 0.442. The maximum absolute atomic E-state index is 10.00. The third-order valence-corrected chi connectivity index (χ3v) is 3.27. The lowest BCUT2D eigenvalue weighted by Gasteiger charge is -2.11. The minimum absolute atomic E-state index is 0.442. The first-order chi connectivity index (χ1) is 8.81. The molecule has 94 valence electrons. The van der Waals surface area contributed by atoms with Gasteiger partial charge in [0.05, 0.1) is 0 Å². The highest BCUT2D eigenvalue weighted by Gasteiger charge is 2.07. The zero-order valence-corrected chi connectivity index (χ0v) is 10.9. The van der Waals surface area contributed by atoms with Crippen molar-refractivity contribution < 1.29 is 5.11 Å². The second-order valence-electron chi connectivity index (χ2n) is 4.68. The van der Waals surface area contributed by atoms with Crippen LogP contribution in [0.25, 0.3) is 0 Å². The maximum Gasteiger partial charge on any atom is 0.119 e. The van der Waals surface area contributed by atoms with Crippen molar-refractivity contribution in [3.8, 4) is 5.75 Å². The van der Waals surface area contributed by atoms with E-state index in [4.69, 9.17) is 0 Å². The highest BCUT2D eigenvalue weighted by Crippen LogP contribution is 2.25. The molecule has 2 rings (SSSR count). The summed E-state index contributed by atoms with van der Waals surface area (Å²) >= 11 is 0. The average Bonchev–Trinajstić information content (AvgIpc) is 2.39. The second kappa shape index (κ2) is 6.25. The first kappa shape index (κ1) is 12.7. The molecule has 0 aromatic heterocycles. The predicted molar refractivity (Wildman–Crippen MR) is 76.0 cm³/mol. The molecule has 0 aliphatic rings. The molecule has 1 nitrogen and oxygen atoms in total. The Hall–Kier alpha value is -1.76. The van der Waals surface area contributed by atoms with Gasteiger partial charge in [0.1, 0.15) is 5.75 Å². The van der Waals surface area contributed by atoms with Crippen LogP contribution in [0, 0.1) is 0 Å². The van der Waals surface area contributed by atoms with E-state index < -0.39 is 0 Å². The summed E-state index contributed by atoms with van der Waals surface area (Å²) in [6.45, 7) is 2.18. The lowest BCUT2D eigenvalue weighted by atomic mass is 9.96. The van der Waals surface area contributed by atoms with Crippen LogP contribution >= 0.6 is 0 Å². The van der Waals surface area contributed by atoms with Crippen LogP contribution in [0.2, 0.25) is 0 Å². The van der Waals surface area contributed by atoms with Gasteiger partial charge < -0.3 is 5.11 Å². The molecule has 1 heteroatoms. The Labute approximate surface area is 109 Å². The quantitative estimate of drug-likeness (QED) is 0.825. The monoisotopic (exact) mass is 240 g/mol. The van der Waals surface area contributed by atoms with Crippen LogP contribution in [0.4, 0.5) is 0 Å². The van der Waals surface area contributed by atoms with Gasteiger partial charge in [-0.2, -0.15) is 0 Å². The van der Waals surface area contributed by atoms with Crippen molar-refractivity contribution in [1.29, 1.82) is 0 Å². The number of phenols is 1. The Morgan fingerprint density at radius 1 is 0.944 bits per heavy atom. The maximum atomic E-state index is 10.00. The molecule has 0 atom stereocenters. The largest absolute Gasteiger partial charge is 0.508 e. The lowest BCUT2D eigenvalue weighted by molar-refractivity contribution is 0.466. The van der Waals surface area contributed by atoms with Crippen LogP contribution < -0.4 is 0 Å². The normalized spacial score (nSPS) is 10.5. The number of hydrogen-bond donors (Lipinski definition) is 1. The summed E-state index contributed by atoms with van der Waals surface area (Å²) in [4.78, 5) is 0. The molecule has 0 heterocycles. The summed E-state index contributed by atoms with van der Waals surface area (Å²) < 4.78 is 0. The molecular weight excluding hydrogens is 220 g/mol. The van der Waals surface area contributed by atoms with Crippen molar-refractivity contribution >= 4 is 0 Å². The molecule has 0 aliphatic heterocycles. The molecule has 2 aromatic rings. The first-order valence-corrected chi connectivity index (χ1v) is 6.65. The van der Waals surface area contributed by atoms with E-state index in [-0.39, 0.29) is 0 Å². The number of hydrogen-bond acceptors (Lipinski definition) is 1. The van der Waals surface area contributed by atoms with Gasteiger partial charge in [-0.05, 0) is 42.0 Å². The highest BCUT2D eigenvalue weighted by atomic mass is 16.3. The van der Waals surface area contributed by atoms with Gasteiger partial charge in [-0.1, -0.05) is 55.8 Å². The van der Waals surface area contributed by atoms with Crippen molar-refractivity contribution in [3.05, 3.63) is 65.2 Å². The Morgan fingerprint density at radius 2 is 1.72 bits per heavy atom. The van der Waals surface area contributed by atoms with E-state index in [2.05, 4.69) is 37.3 Å². The van der Waals surface area contributed by atoms with Gasteiger partial charge in [-0.3, -0.25) is 0 Å². The van der Waals surface area contributed by atoms with Crippen LogP contribution in [0.3, 0.4) is 0 Å². The fraction of sp³-hybridized carbons (Fsp3) is 0.294. The van der Waals surface area contributed by atoms with Crippen LogP contribution in [-0.4, -0.2) is 5.11 Å². The number of unbranched alkanes of at least 4 members (excludes halogenated alkanes) is 1. The Balaban J connectivity index is 2.24. The summed E-state index contributed by atoms with van der Waals surface area (Å²) in [6.07, 6.45) is 4.14. The standard InChI is InChI=1S/C17H20O/c1-2-3-11-16-15(10-7-12-17(16)18)13-14-8-5-4-6-9-14/h4-10,12,18H,2-3,11,13H2,1H3. The van der Waals surface area contributed by atoms with E-state index in [0.717, 1.165) is 31.2 Å². The average molecular weight is 240 g/mol. The molecule has 0 aliphatic carbocycles. The molecule has 0 fully saturated rings. The van der Waals surface area contributed by atoms with Crippen molar-refractivity contribution in [2.24, 2.45) is 0 Å². The molecule has 0 unspecified atom stereocenters. The van der Waals surface area contributed by atoms with Gasteiger partial charge in [0.25, 0.3) is 0 Å². The topological polar surface area (TPSA) is 20.2 Å². The fourth-order valence-electron chi connectivity index (χ4n) is 2.24. The molecular formula is C17H20O. The Morgan fingerprint density at radius 3 is 2.44 bits per heavy atom. The molecule has 0 bridgehead atoms. The second-order valence-corrected chi connectivity index (χ2v) is 4.68. The van der Waals surface area contributed by atoms with Crippen molar-refractivity contribution in [3.63, 3.8) is 0 Å². The van der Waals surface area contributed by atoms with Crippen LogP contribution in [0.5, 0.6) is 5.75 Å². The SMILES string of the molecule is CCCCc1c(O)cccc1Cc1ccccc1. The van der Waals surface area contributed by atoms with E-state index in [0.29, 0.717) is 5.75 Å². The van der Waals surface area contributed by atoms with Gasteiger partial charge >= 0.3 is 0 Å². The van der Waals surface area contributed by atoms with E-state index in [1.165, 1.54) is 11.1 Å². The summed E-state index contributed by atoms with van der Waals surface area (Å²) in [6, 6.07) is 16.3. The Kier molecular flexibility index (Phi) is 4.40. The summed E-state index contributed by atoms with van der Waals surface area (Å²) in [7, 11) is 0. The molecule has 1 N–H and O–H groups in total. The Bertz CT molecular complexity index is 488. The third-order valence-electron chi connectivity index (χ3n) is 3.27. The van der Waals surface area contributed by atoms with E-state index in [9.17, 15) is 5.11 Å². The molecule has 0 saturated heterocycles. The fourth-order valence-corrected chi connectivity index (χ4v) is 2.24. The molecule has 18 heavy (non-hydrogen) atoms. The smallest absolute Gasteiger partial charge is 0.119 e. The number of benzene rings is 2. The molecule has 0 radical (unpaired) electrons. The van der Waals surface area contributed by atoms with Gasteiger partial charge in [0.2, 0.25) is 0 Å². The number of aromatic hydroxyl groups is 1. The zero-order valence-electron chi connectivity index (χ0n) is 10.9. The number of rotatable bonds is 5. The summed E-state index contributed by atoms with van der Waals surface area (Å²) in [5.41, 5.74) is 3.65. The highest BCUT2D eigenvalue weighted by molar-refractivity contribution is 5.41. The number of phenolic OH excluding ortho intramolecular Hbond substituents is 1. The molecule has 0 amide bonds. The van der Waals surface area contributed by atoms with Crippen molar-refractivity contribution in [1.82, 2.24) is 0 Å². The van der Waals surface area contributed by atoms with Crippen molar-refractivity contribution in [2.75, 3.05) is 0 Å². The molecule has 0 saturated carbocycles. The minimum Gasteiger partial charge on any atom is -0.508 e. The van der Waals surface area contributed by atoms with Crippen LogP contribution in [0.1, 0.15) is 36.5 Å². The van der Waals surface area contributed by atoms with Gasteiger partial charge in [-0.25, -0.2) is 0 Å². The zero-order chi connectivity index (χ0) is 12.8. The lowest BCUT2D eigenvalue weighted by Crippen LogP contribution is -1.96. The molecule has 2 aromatic carbocycles. The van der Waals surface area contributed by atoms with E-state index in [1.807, 2.05) is 12.1 Å². The summed E-state index contributed by atoms with van der Waals surface area (Å²) in [5, 5.41) is 10.00. The van der Waals surface area contributed by atoms with E-state index >= 15 is 0 Å². The van der Waals surface area contributed by atoms with E-state index in [1.54, 1.807) is 6.07 Å².